The van der Waals surface area contributed by atoms with Crippen molar-refractivity contribution in [2.75, 3.05) is 63.9 Å². The van der Waals surface area contributed by atoms with Gasteiger partial charge in [0.1, 0.15) is 0 Å². The molecule has 0 saturated carbocycles. The van der Waals surface area contributed by atoms with Crippen LogP contribution in [0.2, 0.25) is 0 Å². The van der Waals surface area contributed by atoms with Gasteiger partial charge in [0.25, 0.3) is 0 Å². The molecule has 182 valence electrons. The van der Waals surface area contributed by atoms with E-state index in [2.05, 4.69) is 59.2 Å². The van der Waals surface area contributed by atoms with Gasteiger partial charge < -0.3 is 19.6 Å². The molecule has 0 radical (unpaired) electrons. The molecule has 0 aliphatic carbocycles. The van der Waals surface area contributed by atoms with Gasteiger partial charge in [-0.15, -0.1) is 0 Å². The van der Waals surface area contributed by atoms with Gasteiger partial charge in [-0.1, -0.05) is 48.0 Å². The van der Waals surface area contributed by atoms with Crippen LogP contribution in [0.25, 0.3) is 0 Å². The number of aryl methyl sites for hydroxylation is 1. The van der Waals surface area contributed by atoms with Crippen LogP contribution < -0.4 is 4.90 Å². The number of amides is 1. The Morgan fingerprint density at radius 1 is 0.941 bits per heavy atom. The second-order valence-corrected chi connectivity index (χ2v) is 10.4. The number of anilines is 1. The Bertz CT molecular complexity index is 983. The largest absolute Gasteiger partial charge is 0.387 e. The zero-order valence-electron chi connectivity index (χ0n) is 20.3. The zero-order valence-corrected chi connectivity index (χ0v) is 20.3. The summed E-state index contributed by atoms with van der Waals surface area (Å²) in [5.41, 5.74) is 2.13. The van der Waals surface area contributed by atoms with E-state index in [4.69, 9.17) is 4.74 Å². The highest BCUT2D eigenvalue weighted by Gasteiger charge is 2.48. The van der Waals surface area contributed by atoms with E-state index in [-0.39, 0.29) is 5.91 Å². The normalized spacial score (nSPS) is 25.5. The standard InChI is InChI=1S/C28H37N3O3/c1-23-6-5-7-24(20-23)28(11-18-34-19-12-28)26(32)31-13-10-27(33,22-31)21-29-14-16-30(17-15-29)25-8-3-2-4-9-25/h2-9,20,33H,10-19,21-22H2,1H3. The Morgan fingerprint density at radius 2 is 1.68 bits per heavy atom. The second-order valence-electron chi connectivity index (χ2n) is 10.4. The Hall–Kier alpha value is -2.41. The maximum absolute atomic E-state index is 14.0. The topological polar surface area (TPSA) is 56.3 Å². The summed E-state index contributed by atoms with van der Waals surface area (Å²) >= 11 is 0. The number of ether oxygens (including phenoxy) is 1. The number of hydrogen-bond acceptors (Lipinski definition) is 5. The van der Waals surface area contributed by atoms with Gasteiger partial charge in [-0.3, -0.25) is 9.69 Å². The predicted molar refractivity (Wildman–Crippen MR) is 134 cm³/mol. The van der Waals surface area contributed by atoms with Gasteiger partial charge in [0.15, 0.2) is 0 Å². The molecule has 3 aliphatic heterocycles. The van der Waals surface area contributed by atoms with Gasteiger partial charge in [0, 0.05) is 58.2 Å². The van der Waals surface area contributed by atoms with Gasteiger partial charge >= 0.3 is 0 Å². The van der Waals surface area contributed by atoms with Crippen LogP contribution in [-0.2, 0) is 14.9 Å². The molecule has 5 rings (SSSR count). The first-order valence-corrected chi connectivity index (χ1v) is 12.7. The van der Waals surface area contributed by atoms with Crippen molar-refractivity contribution in [2.24, 2.45) is 0 Å². The van der Waals surface area contributed by atoms with E-state index >= 15 is 0 Å². The summed E-state index contributed by atoms with van der Waals surface area (Å²) in [6.45, 7) is 8.71. The molecule has 6 nitrogen and oxygen atoms in total. The van der Waals surface area contributed by atoms with E-state index in [0.29, 0.717) is 52.1 Å². The minimum Gasteiger partial charge on any atom is -0.387 e. The number of aliphatic hydroxyl groups is 1. The van der Waals surface area contributed by atoms with Crippen molar-refractivity contribution in [1.29, 1.82) is 0 Å². The summed E-state index contributed by atoms with van der Waals surface area (Å²) in [7, 11) is 0. The summed E-state index contributed by atoms with van der Waals surface area (Å²) in [6.07, 6.45) is 2.04. The molecule has 2 aromatic carbocycles. The van der Waals surface area contributed by atoms with Crippen LogP contribution in [0.5, 0.6) is 0 Å². The minimum atomic E-state index is -0.844. The fraction of sp³-hybridized carbons (Fsp3) is 0.536. The molecule has 0 bridgehead atoms. The molecule has 3 aliphatic rings. The molecule has 3 fully saturated rings. The van der Waals surface area contributed by atoms with E-state index in [1.54, 1.807) is 0 Å². The van der Waals surface area contributed by atoms with Gasteiger partial charge in [-0.2, -0.15) is 0 Å². The summed E-state index contributed by atoms with van der Waals surface area (Å²) in [5, 5.41) is 11.5. The van der Waals surface area contributed by atoms with Crippen LogP contribution in [-0.4, -0.2) is 85.4 Å². The molecule has 1 amide bonds. The third-order valence-electron chi connectivity index (χ3n) is 7.96. The lowest BCUT2D eigenvalue weighted by atomic mass is 9.72. The van der Waals surface area contributed by atoms with E-state index in [0.717, 1.165) is 31.7 Å². The highest BCUT2D eigenvalue weighted by molar-refractivity contribution is 5.89. The van der Waals surface area contributed by atoms with Crippen molar-refractivity contribution >= 4 is 11.6 Å². The van der Waals surface area contributed by atoms with Crippen LogP contribution in [0.15, 0.2) is 54.6 Å². The highest BCUT2D eigenvalue weighted by Crippen LogP contribution is 2.39. The molecule has 2 aromatic rings. The molecule has 3 saturated heterocycles. The van der Waals surface area contributed by atoms with Crippen LogP contribution >= 0.6 is 0 Å². The zero-order chi connectivity index (χ0) is 23.6. The minimum absolute atomic E-state index is 0.159. The monoisotopic (exact) mass is 463 g/mol. The Morgan fingerprint density at radius 3 is 2.38 bits per heavy atom. The molecule has 0 spiro atoms. The number of hydrogen-bond donors (Lipinski definition) is 1. The van der Waals surface area contributed by atoms with Crippen LogP contribution in [0.3, 0.4) is 0 Å². The van der Waals surface area contributed by atoms with Crippen molar-refractivity contribution in [2.45, 2.75) is 37.2 Å². The van der Waals surface area contributed by atoms with Crippen molar-refractivity contribution < 1.29 is 14.6 Å². The Kier molecular flexibility index (Phi) is 6.65. The number of benzene rings is 2. The van der Waals surface area contributed by atoms with Crippen molar-refractivity contribution in [3.8, 4) is 0 Å². The average Bonchev–Trinajstić information content (AvgIpc) is 3.26. The SMILES string of the molecule is Cc1cccc(C2(C(=O)N3CCC(O)(CN4CCN(c5ccccc5)CC4)C3)CCOCC2)c1. The average molecular weight is 464 g/mol. The van der Waals surface area contributed by atoms with Gasteiger partial charge in [0.05, 0.1) is 17.6 Å². The lowest BCUT2D eigenvalue weighted by molar-refractivity contribution is -0.141. The van der Waals surface area contributed by atoms with E-state index in [9.17, 15) is 9.90 Å². The molecular weight excluding hydrogens is 426 g/mol. The number of nitrogens with zero attached hydrogens (tertiary/aromatic N) is 3. The lowest BCUT2D eigenvalue weighted by Gasteiger charge is -2.40. The Labute approximate surface area is 203 Å². The molecule has 1 N–H and O–H groups in total. The molecule has 3 heterocycles. The quantitative estimate of drug-likeness (QED) is 0.739. The van der Waals surface area contributed by atoms with Gasteiger partial charge in [-0.25, -0.2) is 0 Å². The molecular formula is C28H37N3O3. The molecule has 34 heavy (non-hydrogen) atoms. The number of β-amino-alcohol motifs (C(OH)–C–C–N with tert-alkyl or cyclic N) is 1. The third-order valence-corrected chi connectivity index (χ3v) is 7.96. The maximum atomic E-state index is 14.0. The second kappa shape index (κ2) is 9.68. The first kappa shape index (κ1) is 23.3. The maximum Gasteiger partial charge on any atom is 0.233 e. The molecule has 0 aromatic heterocycles. The van der Waals surface area contributed by atoms with Crippen LogP contribution in [0, 0.1) is 6.92 Å². The van der Waals surface area contributed by atoms with E-state index < -0.39 is 11.0 Å². The summed E-state index contributed by atoms with van der Waals surface area (Å²) in [4.78, 5) is 20.6. The lowest BCUT2D eigenvalue weighted by Crippen LogP contribution is -2.54. The number of para-hydroxylation sites is 1. The van der Waals surface area contributed by atoms with E-state index in [1.807, 2.05) is 17.0 Å². The number of piperazine rings is 1. The smallest absolute Gasteiger partial charge is 0.233 e. The van der Waals surface area contributed by atoms with Gasteiger partial charge in [0.2, 0.25) is 5.91 Å². The first-order valence-electron chi connectivity index (χ1n) is 12.7. The first-order chi connectivity index (χ1) is 16.5. The predicted octanol–water partition coefficient (Wildman–Crippen LogP) is 2.83. The van der Waals surface area contributed by atoms with Crippen LogP contribution in [0.1, 0.15) is 30.4 Å². The molecule has 1 atom stereocenters. The summed E-state index contributed by atoms with van der Waals surface area (Å²) in [6, 6.07) is 18.9. The van der Waals surface area contributed by atoms with Crippen molar-refractivity contribution in [3.05, 3.63) is 65.7 Å². The van der Waals surface area contributed by atoms with Crippen molar-refractivity contribution in [3.63, 3.8) is 0 Å². The Balaban J connectivity index is 1.23. The molecule has 6 heteroatoms. The molecule has 1 unspecified atom stereocenters. The van der Waals surface area contributed by atoms with Crippen LogP contribution in [0.4, 0.5) is 5.69 Å². The number of carbonyl (C=O) groups is 1. The number of carbonyl (C=O) groups excluding carboxylic acids is 1. The van der Waals surface area contributed by atoms with Gasteiger partial charge in [-0.05, 0) is 43.9 Å². The number of rotatable bonds is 5. The number of likely N-dealkylation sites (tertiary alicyclic amines) is 1. The van der Waals surface area contributed by atoms with Crippen molar-refractivity contribution in [1.82, 2.24) is 9.80 Å². The van der Waals surface area contributed by atoms with E-state index in [1.165, 1.54) is 11.3 Å². The fourth-order valence-electron chi connectivity index (χ4n) is 5.97. The third kappa shape index (κ3) is 4.72. The summed E-state index contributed by atoms with van der Waals surface area (Å²) < 4.78 is 5.64. The highest BCUT2D eigenvalue weighted by atomic mass is 16.5. The summed E-state index contributed by atoms with van der Waals surface area (Å²) in [5.74, 6) is 0.159. The fourth-order valence-corrected chi connectivity index (χ4v) is 5.97.